The normalized spacial score (nSPS) is 10.8. The van der Waals surface area contributed by atoms with Gasteiger partial charge in [-0.1, -0.05) is 18.2 Å². The second kappa shape index (κ2) is 7.41. The molecule has 0 fully saturated rings. The third-order valence-corrected chi connectivity index (χ3v) is 4.16. The molecule has 27 heavy (non-hydrogen) atoms. The van der Waals surface area contributed by atoms with Gasteiger partial charge in [-0.05, 0) is 44.2 Å². The van der Waals surface area contributed by atoms with Crippen molar-refractivity contribution in [1.29, 1.82) is 0 Å². The Morgan fingerprint density at radius 2 is 1.59 bits per heavy atom. The third-order valence-electron chi connectivity index (χ3n) is 4.16. The summed E-state index contributed by atoms with van der Waals surface area (Å²) < 4.78 is 1.31. The zero-order chi connectivity index (χ0) is 19.6. The average molecular weight is 364 g/mol. The van der Waals surface area contributed by atoms with E-state index in [2.05, 4.69) is 15.7 Å². The van der Waals surface area contributed by atoms with E-state index < -0.39 is 5.91 Å². The lowest BCUT2D eigenvalue weighted by molar-refractivity contribution is 0.0962. The van der Waals surface area contributed by atoms with Gasteiger partial charge in [0.1, 0.15) is 0 Å². The molecule has 1 aromatic heterocycles. The van der Waals surface area contributed by atoms with Crippen LogP contribution in [-0.2, 0) is 0 Å². The Hall–Kier alpha value is -3.48. The molecule has 0 aliphatic heterocycles. The van der Waals surface area contributed by atoms with E-state index in [4.69, 9.17) is 0 Å². The number of hydrogen-bond donors (Lipinski definition) is 2. The first-order valence-electron chi connectivity index (χ1n) is 8.57. The minimum atomic E-state index is -0.423. The van der Waals surface area contributed by atoms with Crippen molar-refractivity contribution >= 4 is 28.3 Å². The van der Waals surface area contributed by atoms with Crippen molar-refractivity contribution in [2.45, 2.75) is 19.9 Å². The number of carbonyl (C=O) groups is 2. The molecule has 7 heteroatoms. The van der Waals surface area contributed by atoms with Gasteiger partial charge in [-0.25, -0.2) is 4.68 Å². The fourth-order valence-corrected chi connectivity index (χ4v) is 2.76. The molecule has 3 rings (SSSR count). The molecule has 0 spiro atoms. The van der Waals surface area contributed by atoms with E-state index in [-0.39, 0.29) is 23.2 Å². The molecule has 0 saturated carbocycles. The van der Waals surface area contributed by atoms with Crippen LogP contribution in [0.25, 0.3) is 10.8 Å². The summed E-state index contributed by atoms with van der Waals surface area (Å²) in [5, 5.41) is 10.5. The standard InChI is InChI=1S/C20H20N4O3/c1-12(2)24-20(27)16-7-5-4-6-15(16)17(23-24)19(26)22-14-10-8-13(9-11-14)18(25)21-3/h4-12H,1-3H3,(H,21,25)(H,22,26). The van der Waals surface area contributed by atoms with Gasteiger partial charge in [0.25, 0.3) is 17.4 Å². The first kappa shape index (κ1) is 18.3. The maximum atomic E-state index is 12.8. The summed E-state index contributed by atoms with van der Waals surface area (Å²) in [5.41, 5.74) is 0.967. The lowest BCUT2D eigenvalue weighted by atomic mass is 10.1. The maximum Gasteiger partial charge on any atom is 0.276 e. The van der Waals surface area contributed by atoms with Gasteiger partial charge in [-0.2, -0.15) is 5.10 Å². The lowest BCUT2D eigenvalue weighted by Crippen LogP contribution is -2.28. The number of carbonyl (C=O) groups excluding carboxylic acids is 2. The number of hydrogen-bond acceptors (Lipinski definition) is 4. The SMILES string of the molecule is CNC(=O)c1ccc(NC(=O)c2nn(C(C)C)c(=O)c3ccccc23)cc1. The molecule has 0 radical (unpaired) electrons. The van der Waals surface area contributed by atoms with Gasteiger partial charge in [0.2, 0.25) is 0 Å². The highest BCUT2D eigenvalue weighted by Gasteiger charge is 2.18. The van der Waals surface area contributed by atoms with Gasteiger partial charge < -0.3 is 10.6 Å². The van der Waals surface area contributed by atoms with Crippen molar-refractivity contribution in [3.63, 3.8) is 0 Å². The Morgan fingerprint density at radius 3 is 2.19 bits per heavy atom. The van der Waals surface area contributed by atoms with E-state index in [0.717, 1.165) is 0 Å². The summed E-state index contributed by atoms with van der Waals surface area (Å²) in [6.45, 7) is 3.67. The average Bonchev–Trinajstić information content (AvgIpc) is 2.68. The smallest absolute Gasteiger partial charge is 0.276 e. The van der Waals surface area contributed by atoms with E-state index in [1.807, 2.05) is 13.8 Å². The number of rotatable bonds is 4. The molecular weight excluding hydrogens is 344 g/mol. The summed E-state index contributed by atoms with van der Waals surface area (Å²) >= 11 is 0. The number of fused-ring (bicyclic) bond motifs is 1. The van der Waals surface area contributed by atoms with Gasteiger partial charge in [0, 0.05) is 23.7 Å². The highest BCUT2D eigenvalue weighted by molar-refractivity contribution is 6.11. The van der Waals surface area contributed by atoms with Gasteiger partial charge >= 0.3 is 0 Å². The van der Waals surface area contributed by atoms with Crippen LogP contribution in [0.5, 0.6) is 0 Å². The predicted molar refractivity (Wildman–Crippen MR) is 104 cm³/mol. The number of benzene rings is 2. The van der Waals surface area contributed by atoms with Crippen LogP contribution < -0.4 is 16.2 Å². The lowest BCUT2D eigenvalue weighted by Gasteiger charge is -2.13. The molecule has 0 atom stereocenters. The Balaban J connectivity index is 1.99. The molecule has 0 aliphatic carbocycles. The van der Waals surface area contributed by atoms with E-state index in [9.17, 15) is 14.4 Å². The zero-order valence-corrected chi connectivity index (χ0v) is 15.3. The van der Waals surface area contributed by atoms with E-state index >= 15 is 0 Å². The van der Waals surface area contributed by atoms with Crippen LogP contribution in [-0.4, -0.2) is 28.6 Å². The molecular formula is C20H20N4O3. The van der Waals surface area contributed by atoms with Crippen LogP contribution in [0.1, 0.15) is 40.7 Å². The Labute approximate surface area is 156 Å². The fraction of sp³-hybridized carbons (Fsp3) is 0.200. The van der Waals surface area contributed by atoms with Crippen LogP contribution in [0.4, 0.5) is 5.69 Å². The molecule has 3 aromatic rings. The van der Waals surface area contributed by atoms with Crippen molar-refractivity contribution in [1.82, 2.24) is 15.1 Å². The molecule has 138 valence electrons. The molecule has 2 aromatic carbocycles. The molecule has 2 amide bonds. The predicted octanol–water partition coefficient (Wildman–Crippen LogP) is 2.59. The zero-order valence-electron chi connectivity index (χ0n) is 15.3. The van der Waals surface area contributed by atoms with Gasteiger partial charge in [-0.15, -0.1) is 0 Å². The van der Waals surface area contributed by atoms with Gasteiger partial charge in [-0.3, -0.25) is 14.4 Å². The van der Waals surface area contributed by atoms with E-state index in [0.29, 0.717) is 22.0 Å². The Kier molecular flexibility index (Phi) is 5.03. The van der Waals surface area contributed by atoms with Gasteiger partial charge in [0.15, 0.2) is 5.69 Å². The second-order valence-electron chi connectivity index (χ2n) is 6.35. The van der Waals surface area contributed by atoms with Crippen molar-refractivity contribution in [2.24, 2.45) is 0 Å². The summed E-state index contributed by atoms with van der Waals surface area (Å²) in [6, 6.07) is 13.3. The highest BCUT2D eigenvalue weighted by Crippen LogP contribution is 2.17. The first-order valence-corrected chi connectivity index (χ1v) is 8.57. The molecule has 0 saturated heterocycles. The fourth-order valence-electron chi connectivity index (χ4n) is 2.76. The highest BCUT2D eigenvalue weighted by atomic mass is 16.2. The minimum absolute atomic E-state index is 0.175. The third kappa shape index (κ3) is 3.57. The minimum Gasteiger partial charge on any atom is -0.355 e. The molecule has 0 bridgehead atoms. The summed E-state index contributed by atoms with van der Waals surface area (Å²) in [4.78, 5) is 37.0. The van der Waals surface area contributed by atoms with Crippen LogP contribution in [0.3, 0.4) is 0 Å². The van der Waals surface area contributed by atoms with Gasteiger partial charge in [0.05, 0.1) is 11.4 Å². The van der Waals surface area contributed by atoms with Crippen molar-refractivity contribution in [3.05, 3.63) is 70.1 Å². The molecule has 2 N–H and O–H groups in total. The summed E-state index contributed by atoms with van der Waals surface area (Å²) in [6.07, 6.45) is 0. The number of amides is 2. The number of anilines is 1. The molecule has 7 nitrogen and oxygen atoms in total. The van der Waals surface area contributed by atoms with E-state index in [1.165, 1.54) is 4.68 Å². The number of nitrogens with one attached hydrogen (secondary N) is 2. The van der Waals surface area contributed by atoms with Crippen molar-refractivity contribution in [3.8, 4) is 0 Å². The maximum absolute atomic E-state index is 12.8. The molecule has 0 unspecified atom stereocenters. The number of aromatic nitrogens is 2. The molecule has 1 heterocycles. The Morgan fingerprint density at radius 1 is 0.963 bits per heavy atom. The van der Waals surface area contributed by atoms with Crippen LogP contribution >= 0.6 is 0 Å². The van der Waals surface area contributed by atoms with E-state index in [1.54, 1.807) is 55.6 Å². The monoisotopic (exact) mass is 364 g/mol. The molecule has 0 aliphatic rings. The number of nitrogens with zero attached hydrogens (tertiary/aromatic N) is 2. The van der Waals surface area contributed by atoms with Crippen LogP contribution in [0, 0.1) is 0 Å². The van der Waals surface area contributed by atoms with Crippen molar-refractivity contribution < 1.29 is 9.59 Å². The largest absolute Gasteiger partial charge is 0.355 e. The first-order chi connectivity index (χ1) is 12.9. The quantitative estimate of drug-likeness (QED) is 0.744. The Bertz CT molecular complexity index is 1070. The van der Waals surface area contributed by atoms with Crippen LogP contribution in [0.2, 0.25) is 0 Å². The van der Waals surface area contributed by atoms with Crippen molar-refractivity contribution in [2.75, 3.05) is 12.4 Å². The second-order valence-corrected chi connectivity index (χ2v) is 6.35. The van der Waals surface area contributed by atoms with Crippen LogP contribution in [0.15, 0.2) is 53.3 Å². The summed E-state index contributed by atoms with van der Waals surface area (Å²) in [5.74, 6) is -0.627. The summed E-state index contributed by atoms with van der Waals surface area (Å²) in [7, 11) is 1.55. The topological polar surface area (TPSA) is 93.1 Å².